The highest BCUT2D eigenvalue weighted by Gasteiger charge is 2.11. The van der Waals surface area contributed by atoms with Crippen LogP contribution in [0.5, 0.6) is 5.75 Å². The van der Waals surface area contributed by atoms with Crippen molar-refractivity contribution in [2.24, 2.45) is 0 Å². The predicted octanol–water partition coefficient (Wildman–Crippen LogP) is 3.76. The van der Waals surface area contributed by atoms with Gasteiger partial charge in [-0.2, -0.15) is 0 Å². The van der Waals surface area contributed by atoms with Gasteiger partial charge in [-0.1, -0.05) is 29.8 Å². The zero-order valence-corrected chi connectivity index (χ0v) is 15.2. The maximum absolute atomic E-state index is 12.0. The summed E-state index contributed by atoms with van der Waals surface area (Å²) in [6.07, 6.45) is 0. The quantitative estimate of drug-likeness (QED) is 0.693. The highest BCUT2D eigenvalue weighted by atomic mass is 35.5. The van der Waals surface area contributed by atoms with Crippen LogP contribution in [0.2, 0.25) is 5.02 Å². The molecule has 0 aliphatic carbocycles. The maximum atomic E-state index is 12.0. The molecule has 0 bridgehead atoms. The van der Waals surface area contributed by atoms with E-state index in [1.54, 1.807) is 19.1 Å². The van der Waals surface area contributed by atoms with Gasteiger partial charge in [-0.25, -0.2) is 4.79 Å². The Morgan fingerprint density at radius 2 is 1.96 bits per heavy atom. The fourth-order valence-electron chi connectivity index (χ4n) is 2.69. The molecule has 26 heavy (non-hydrogen) atoms. The highest BCUT2D eigenvalue weighted by molar-refractivity contribution is 6.31. The highest BCUT2D eigenvalue weighted by Crippen LogP contribution is 2.28. The number of hydrogen-bond acceptors (Lipinski definition) is 4. The largest absolute Gasteiger partial charge is 0.483 e. The molecule has 1 aromatic heterocycles. The minimum atomic E-state index is -0.410. The molecule has 1 N–H and O–H groups in total. The lowest BCUT2D eigenvalue weighted by atomic mass is 10.1. The summed E-state index contributed by atoms with van der Waals surface area (Å²) in [5.74, 6) is 0.231. The number of amides is 1. The van der Waals surface area contributed by atoms with E-state index in [0.717, 1.165) is 16.5 Å². The van der Waals surface area contributed by atoms with Crippen molar-refractivity contribution in [1.29, 1.82) is 0 Å². The second-order valence-corrected chi connectivity index (χ2v) is 6.38. The molecular weight excluding hydrogens is 354 g/mol. The topological polar surface area (TPSA) is 68.5 Å². The SMILES string of the molecule is Cc1cc(=O)oc2c(C)c(OCC(=O)NCc3ccccc3Cl)ccc12. The van der Waals surface area contributed by atoms with Gasteiger partial charge in [0.05, 0.1) is 0 Å². The van der Waals surface area contributed by atoms with Gasteiger partial charge in [0.1, 0.15) is 11.3 Å². The summed E-state index contributed by atoms with van der Waals surface area (Å²) >= 11 is 6.06. The van der Waals surface area contributed by atoms with E-state index >= 15 is 0 Å². The van der Waals surface area contributed by atoms with Gasteiger partial charge >= 0.3 is 5.63 Å². The first-order chi connectivity index (χ1) is 12.5. The molecule has 6 heteroatoms. The van der Waals surface area contributed by atoms with Gasteiger partial charge in [-0.05, 0) is 43.2 Å². The standard InChI is InChI=1S/C20H18ClNO4/c1-12-9-19(24)26-20-13(2)17(8-7-15(12)20)25-11-18(23)22-10-14-5-3-4-6-16(14)21/h3-9H,10-11H2,1-2H3,(H,22,23). The summed E-state index contributed by atoms with van der Waals surface area (Å²) in [4.78, 5) is 23.6. The smallest absolute Gasteiger partial charge is 0.336 e. The monoisotopic (exact) mass is 371 g/mol. The zero-order valence-electron chi connectivity index (χ0n) is 14.5. The van der Waals surface area contributed by atoms with E-state index in [0.29, 0.717) is 28.5 Å². The van der Waals surface area contributed by atoms with E-state index in [9.17, 15) is 9.59 Å². The molecule has 1 heterocycles. The van der Waals surface area contributed by atoms with Crippen LogP contribution < -0.4 is 15.7 Å². The van der Waals surface area contributed by atoms with Crippen molar-refractivity contribution in [2.45, 2.75) is 20.4 Å². The predicted molar refractivity (Wildman–Crippen MR) is 101 cm³/mol. The lowest BCUT2D eigenvalue weighted by molar-refractivity contribution is -0.123. The van der Waals surface area contributed by atoms with E-state index in [4.69, 9.17) is 20.8 Å². The first-order valence-electron chi connectivity index (χ1n) is 8.12. The molecule has 0 radical (unpaired) electrons. The van der Waals surface area contributed by atoms with Crippen LogP contribution in [0.15, 0.2) is 51.7 Å². The zero-order chi connectivity index (χ0) is 18.7. The lowest BCUT2D eigenvalue weighted by Crippen LogP contribution is -2.28. The van der Waals surface area contributed by atoms with Crippen molar-refractivity contribution in [3.63, 3.8) is 0 Å². The number of carbonyl (C=O) groups excluding carboxylic acids is 1. The Morgan fingerprint density at radius 3 is 2.73 bits per heavy atom. The molecule has 5 nitrogen and oxygen atoms in total. The minimum absolute atomic E-state index is 0.146. The number of rotatable bonds is 5. The van der Waals surface area contributed by atoms with Crippen molar-refractivity contribution in [3.8, 4) is 5.75 Å². The van der Waals surface area contributed by atoms with Crippen LogP contribution in [-0.2, 0) is 11.3 Å². The number of benzene rings is 2. The Morgan fingerprint density at radius 1 is 1.19 bits per heavy atom. The Balaban J connectivity index is 1.68. The summed E-state index contributed by atoms with van der Waals surface area (Å²) in [6, 6.07) is 12.3. The van der Waals surface area contributed by atoms with Crippen LogP contribution in [0.3, 0.4) is 0 Å². The minimum Gasteiger partial charge on any atom is -0.483 e. The van der Waals surface area contributed by atoms with Gasteiger partial charge in [-0.15, -0.1) is 0 Å². The molecule has 134 valence electrons. The second kappa shape index (κ2) is 7.62. The average molecular weight is 372 g/mol. The van der Waals surface area contributed by atoms with E-state index in [1.165, 1.54) is 6.07 Å². The van der Waals surface area contributed by atoms with Gasteiger partial charge in [0.2, 0.25) is 0 Å². The number of carbonyl (C=O) groups is 1. The van der Waals surface area contributed by atoms with Crippen LogP contribution in [-0.4, -0.2) is 12.5 Å². The van der Waals surface area contributed by atoms with Crippen LogP contribution in [0.25, 0.3) is 11.0 Å². The molecule has 2 aromatic carbocycles. The molecule has 3 aromatic rings. The van der Waals surface area contributed by atoms with E-state index in [1.807, 2.05) is 31.2 Å². The Bertz CT molecular complexity index is 1030. The summed E-state index contributed by atoms with van der Waals surface area (Å²) in [5, 5.41) is 4.21. The van der Waals surface area contributed by atoms with Gasteiger partial charge < -0.3 is 14.5 Å². The fraction of sp³-hybridized carbons (Fsp3) is 0.200. The normalized spacial score (nSPS) is 10.7. The molecule has 0 unspecified atom stereocenters. The summed E-state index contributed by atoms with van der Waals surface area (Å²) in [6.45, 7) is 3.82. The Labute approximate surface area is 155 Å². The number of halogens is 1. The number of fused-ring (bicyclic) bond motifs is 1. The molecule has 3 rings (SSSR count). The Hall–Kier alpha value is -2.79. The molecule has 1 amide bonds. The number of nitrogens with one attached hydrogen (secondary N) is 1. The summed E-state index contributed by atoms with van der Waals surface area (Å²) in [7, 11) is 0. The summed E-state index contributed by atoms with van der Waals surface area (Å²) in [5.41, 5.74) is 2.42. The van der Waals surface area contributed by atoms with Crippen molar-refractivity contribution in [2.75, 3.05) is 6.61 Å². The van der Waals surface area contributed by atoms with Crippen LogP contribution in [0.4, 0.5) is 0 Å². The van der Waals surface area contributed by atoms with Gasteiger partial charge in [-0.3, -0.25) is 4.79 Å². The summed E-state index contributed by atoms with van der Waals surface area (Å²) < 4.78 is 10.9. The first kappa shape index (κ1) is 18.0. The van der Waals surface area contributed by atoms with E-state index in [2.05, 4.69) is 5.32 Å². The lowest BCUT2D eigenvalue weighted by Gasteiger charge is -2.12. The van der Waals surface area contributed by atoms with E-state index in [-0.39, 0.29) is 12.5 Å². The van der Waals surface area contributed by atoms with Crippen LogP contribution in [0.1, 0.15) is 16.7 Å². The van der Waals surface area contributed by atoms with Gasteiger partial charge in [0, 0.05) is 28.6 Å². The third kappa shape index (κ3) is 3.89. The number of hydrogen-bond donors (Lipinski definition) is 1. The molecule has 0 atom stereocenters. The third-order valence-corrected chi connectivity index (χ3v) is 4.48. The maximum Gasteiger partial charge on any atom is 0.336 e. The van der Waals surface area contributed by atoms with E-state index < -0.39 is 5.63 Å². The van der Waals surface area contributed by atoms with Crippen molar-refractivity contribution in [1.82, 2.24) is 5.32 Å². The molecule has 0 aliphatic heterocycles. The van der Waals surface area contributed by atoms with Crippen LogP contribution in [0, 0.1) is 13.8 Å². The number of aryl methyl sites for hydroxylation is 2. The molecule has 0 fully saturated rings. The fourth-order valence-corrected chi connectivity index (χ4v) is 2.89. The number of ether oxygens (including phenoxy) is 1. The van der Waals surface area contributed by atoms with Crippen LogP contribution >= 0.6 is 11.6 Å². The third-order valence-electron chi connectivity index (χ3n) is 4.11. The average Bonchev–Trinajstić information content (AvgIpc) is 2.61. The first-order valence-corrected chi connectivity index (χ1v) is 8.50. The molecule has 0 saturated carbocycles. The Kier molecular flexibility index (Phi) is 5.28. The van der Waals surface area contributed by atoms with Gasteiger partial charge in [0.25, 0.3) is 5.91 Å². The van der Waals surface area contributed by atoms with Gasteiger partial charge in [0.15, 0.2) is 6.61 Å². The molecule has 0 aliphatic rings. The van der Waals surface area contributed by atoms with Crippen molar-refractivity contribution >= 4 is 28.5 Å². The second-order valence-electron chi connectivity index (χ2n) is 5.97. The molecule has 0 saturated heterocycles. The van der Waals surface area contributed by atoms with Crippen molar-refractivity contribution < 1.29 is 13.9 Å². The molecular formula is C20H18ClNO4. The van der Waals surface area contributed by atoms with Crippen molar-refractivity contribution in [3.05, 3.63) is 74.6 Å². The molecule has 0 spiro atoms.